The lowest BCUT2D eigenvalue weighted by Gasteiger charge is -2.27. The molecule has 19 heavy (non-hydrogen) atoms. The monoisotopic (exact) mass is 306 g/mol. The second-order valence-electron chi connectivity index (χ2n) is 4.75. The lowest BCUT2D eigenvalue weighted by atomic mass is 10.1. The first kappa shape index (κ1) is 14.9. The number of ether oxygens (including phenoxy) is 1. The van der Waals surface area contributed by atoms with Gasteiger partial charge in [0.15, 0.2) is 0 Å². The molecule has 2 rings (SSSR count). The largest absolute Gasteiger partial charge is 0.380 e. The van der Waals surface area contributed by atoms with Crippen LogP contribution >= 0.6 is 23.2 Å². The Morgan fingerprint density at radius 2 is 2.16 bits per heavy atom. The van der Waals surface area contributed by atoms with Crippen LogP contribution in [0.3, 0.4) is 0 Å². The van der Waals surface area contributed by atoms with Crippen molar-refractivity contribution < 1.29 is 9.13 Å². The van der Waals surface area contributed by atoms with Gasteiger partial charge in [-0.15, -0.1) is 0 Å². The van der Waals surface area contributed by atoms with Crippen LogP contribution in [-0.4, -0.2) is 31.8 Å². The molecule has 1 saturated heterocycles. The van der Waals surface area contributed by atoms with Crippen LogP contribution in [-0.2, 0) is 4.74 Å². The van der Waals surface area contributed by atoms with E-state index in [4.69, 9.17) is 27.9 Å². The van der Waals surface area contributed by atoms with Crippen molar-refractivity contribution in [3.63, 3.8) is 0 Å². The average molecular weight is 307 g/mol. The van der Waals surface area contributed by atoms with Crippen molar-refractivity contribution in [1.82, 2.24) is 5.32 Å². The average Bonchev–Trinajstić information content (AvgIpc) is 2.35. The number of hydrogen-bond acceptors (Lipinski definition) is 3. The van der Waals surface area contributed by atoms with Crippen LogP contribution < -0.4 is 10.6 Å². The van der Waals surface area contributed by atoms with E-state index >= 15 is 0 Å². The molecule has 0 spiro atoms. The van der Waals surface area contributed by atoms with Crippen LogP contribution in [0.2, 0.25) is 10.0 Å². The summed E-state index contributed by atoms with van der Waals surface area (Å²) in [6.07, 6.45) is 0.879. The minimum absolute atomic E-state index is 0.152. The lowest BCUT2D eigenvalue weighted by molar-refractivity contribution is 0.0731. The van der Waals surface area contributed by atoms with E-state index in [0.717, 1.165) is 19.6 Å². The molecule has 1 aliphatic rings. The van der Waals surface area contributed by atoms with Crippen LogP contribution in [0.4, 0.5) is 10.1 Å². The number of rotatable bonds is 4. The van der Waals surface area contributed by atoms with E-state index in [1.54, 1.807) is 0 Å². The predicted molar refractivity (Wildman–Crippen MR) is 76.7 cm³/mol. The fraction of sp³-hybridized carbons (Fsp3) is 0.538. The number of benzene rings is 1. The smallest absolute Gasteiger partial charge is 0.126 e. The van der Waals surface area contributed by atoms with Gasteiger partial charge >= 0.3 is 0 Å². The first-order valence-electron chi connectivity index (χ1n) is 6.28. The molecular formula is C13H17Cl2FN2O. The zero-order chi connectivity index (χ0) is 13.8. The highest BCUT2D eigenvalue weighted by molar-refractivity contribution is 6.39. The molecule has 1 heterocycles. The molecule has 0 radical (unpaired) electrons. The van der Waals surface area contributed by atoms with E-state index in [0.29, 0.717) is 28.4 Å². The van der Waals surface area contributed by atoms with E-state index in [1.165, 1.54) is 12.1 Å². The van der Waals surface area contributed by atoms with Crippen LogP contribution in [0.15, 0.2) is 12.1 Å². The first-order valence-corrected chi connectivity index (χ1v) is 7.04. The summed E-state index contributed by atoms with van der Waals surface area (Å²) in [6, 6.07) is 2.98. The molecule has 3 nitrogen and oxygen atoms in total. The molecule has 2 unspecified atom stereocenters. The third-order valence-electron chi connectivity index (χ3n) is 3.03. The van der Waals surface area contributed by atoms with Gasteiger partial charge in [0.25, 0.3) is 0 Å². The Morgan fingerprint density at radius 1 is 1.47 bits per heavy atom. The van der Waals surface area contributed by atoms with Crippen LogP contribution in [0.25, 0.3) is 0 Å². The van der Waals surface area contributed by atoms with Gasteiger partial charge in [-0.05, 0) is 25.5 Å². The predicted octanol–water partition coefficient (Wildman–Crippen LogP) is 3.31. The molecule has 2 N–H and O–H groups in total. The Morgan fingerprint density at radius 3 is 2.74 bits per heavy atom. The summed E-state index contributed by atoms with van der Waals surface area (Å²) < 4.78 is 18.5. The molecule has 0 amide bonds. The van der Waals surface area contributed by atoms with E-state index in [2.05, 4.69) is 10.6 Å². The lowest BCUT2D eigenvalue weighted by Crippen LogP contribution is -2.43. The summed E-state index contributed by atoms with van der Waals surface area (Å²) >= 11 is 12.0. The van der Waals surface area contributed by atoms with Gasteiger partial charge in [0.1, 0.15) is 5.82 Å². The van der Waals surface area contributed by atoms with Gasteiger partial charge in [0, 0.05) is 18.6 Å². The number of morpholine rings is 1. The normalized spacial score (nSPS) is 21.2. The first-order chi connectivity index (χ1) is 9.06. The third-order valence-corrected chi connectivity index (χ3v) is 3.63. The molecule has 0 aromatic heterocycles. The van der Waals surface area contributed by atoms with Crippen molar-refractivity contribution in [2.75, 3.05) is 25.1 Å². The second-order valence-corrected chi connectivity index (χ2v) is 5.57. The molecule has 106 valence electrons. The molecule has 0 aliphatic carbocycles. The second kappa shape index (κ2) is 6.75. The van der Waals surface area contributed by atoms with Crippen molar-refractivity contribution >= 4 is 28.9 Å². The Labute approximate surface area is 122 Å². The summed E-state index contributed by atoms with van der Waals surface area (Å²) in [5.41, 5.74) is 0.578. The fourth-order valence-electron chi connectivity index (χ4n) is 2.18. The van der Waals surface area contributed by atoms with Crippen LogP contribution in [0.1, 0.15) is 13.3 Å². The number of anilines is 1. The highest BCUT2D eigenvalue weighted by Gasteiger charge is 2.18. The Kier molecular flexibility index (Phi) is 5.28. The summed E-state index contributed by atoms with van der Waals surface area (Å²) in [6.45, 7) is 4.37. The van der Waals surface area contributed by atoms with E-state index in [-0.39, 0.29) is 6.04 Å². The fourth-order valence-corrected chi connectivity index (χ4v) is 2.75. The van der Waals surface area contributed by atoms with Crippen molar-refractivity contribution in [2.45, 2.75) is 25.4 Å². The van der Waals surface area contributed by atoms with Gasteiger partial charge in [-0.1, -0.05) is 23.2 Å². The molecule has 6 heteroatoms. The molecule has 0 bridgehead atoms. The zero-order valence-corrected chi connectivity index (χ0v) is 12.2. The summed E-state index contributed by atoms with van der Waals surface area (Å²) in [7, 11) is 0. The molecule has 1 aromatic carbocycles. The van der Waals surface area contributed by atoms with Crippen molar-refractivity contribution in [2.24, 2.45) is 0 Å². The zero-order valence-electron chi connectivity index (χ0n) is 10.7. The van der Waals surface area contributed by atoms with Gasteiger partial charge < -0.3 is 15.4 Å². The van der Waals surface area contributed by atoms with Crippen molar-refractivity contribution in [3.05, 3.63) is 28.0 Å². The van der Waals surface area contributed by atoms with E-state index in [1.807, 2.05) is 6.92 Å². The van der Waals surface area contributed by atoms with Crippen LogP contribution in [0.5, 0.6) is 0 Å². The van der Waals surface area contributed by atoms with Gasteiger partial charge in [-0.25, -0.2) is 4.39 Å². The number of hydrogen-bond donors (Lipinski definition) is 2. The number of halogens is 3. The Bertz CT molecular complexity index is 416. The van der Waals surface area contributed by atoms with Gasteiger partial charge in [-0.2, -0.15) is 0 Å². The molecule has 1 aromatic rings. The maximum Gasteiger partial charge on any atom is 0.126 e. The van der Waals surface area contributed by atoms with Crippen molar-refractivity contribution in [1.29, 1.82) is 0 Å². The number of nitrogens with one attached hydrogen (secondary N) is 2. The molecule has 2 atom stereocenters. The SMILES string of the molecule is CC(CC1COCCN1)Nc1c(Cl)cc(F)cc1Cl. The van der Waals surface area contributed by atoms with E-state index in [9.17, 15) is 4.39 Å². The summed E-state index contributed by atoms with van der Waals surface area (Å²) in [4.78, 5) is 0. The minimum Gasteiger partial charge on any atom is -0.380 e. The summed E-state index contributed by atoms with van der Waals surface area (Å²) in [5.74, 6) is -0.435. The molecule has 0 saturated carbocycles. The minimum atomic E-state index is -0.435. The third kappa shape index (κ3) is 4.21. The van der Waals surface area contributed by atoms with Gasteiger partial charge in [-0.3, -0.25) is 0 Å². The topological polar surface area (TPSA) is 33.3 Å². The maximum atomic E-state index is 13.1. The van der Waals surface area contributed by atoms with Crippen LogP contribution in [0, 0.1) is 5.82 Å². The standard InChI is InChI=1S/C13H17Cl2FN2O/c1-8(4-10-7-19-3-2-17-10)18-13-11(14)5-9(16)6-12(13)15/h5-6,8,10,17-18H,2-4,7H2,1H3. The van der Waals surface area contributed by atoms with Gasteiger partial charge in [0.2, 0.25) is 0 Å². The highest BCUT2D eigenvalue weighted by Crippen LogP contribution is 2.32. The van der Waals surface area contributed by atoms with Gasteiger partial charge in [0.05, 0.1) is 28.9 Å². The van der Waals surface area contributed by atoms with Crippen molar-refractivity contribution in [3.8, 4) is 0 Å². The molecular weight excluding hydrogens is 290 g/mol. The summed E-state index contributed by atoms with van der Waals surface area (Å²) in [5, 5.41) is 7.20. The quantitative estimate of drug-likeness (QED) is 0.895. The van der Waals surface area contributed by atoms with E-state index < -0.39 is 5.82 Å². The Hall–Kier alpha value is -0.550. The molecule has 1 aliphatic heterocycles. The molecule has 1 fully saturated rings. The highest BCUT2D eigenvalue weighted by atomic mass is 35.5. The Balaban J connectivity index is 1.96. The maximum absolute atomic E-state index is 13.1.